The molecule has 2 aromatic heterocycles. The molecule has 6 heteroatoms. The van der Waals surface area contributed by atoms with E-state index in [4.69, 9.17) is 4.74 Å². The maximum Gasteiger partial charge on any atom is 0.226 e. The van der Waals surface area contributed by atoms with Gasteiger partial charge in [-0.05, 0) is 26.0 Å². The molecular formula is C23H23N3O2S. The molecule has 148 valence electrons. The number of hydrogen-bond acceptors (Lipinski definition) is 4. The Bertz CT molecular complexity index is 1110. The van der Waals surface area contributed by atoms with Gasteiger partial charge in [-0.3, -0.25) is 9.20 Å². The quantitative estimate of drug-likeness (QED) is 0.463. The first kappa shape index (κ1) is 19.2. The third-order valence-corrected chi connectivity index (χ3v) is 5.58. The van der Waals surface area contributed by atoms with Crippen LogP contribution in [0, 0.1) is 13.8 Å². The Labute approximate surface area is 174 Å². The van der Waals surface area contributed by atoms with Crippen molar-refractivity contribution in [2.45, 2.75) is 20.3 Å². The fourth-order valence-electron chi connectivity index (χ4n) is 3.04. The van der Waals surface area contributed by atoms with E-state index >= 15 is 0 Å². The first-order valence-corrected chi connectivity index (χ1v) is 10.4. The van der Waals surface area contributed by atoms with Crippen LogP contribution in [-0.2, 0) is 11.2 Å². The Kier molecular flexibility index (Phi) is 5.62. The minimum absolute atomic E-state index is 0.0252. The zero-order chi connectivity index (χ0) is 20.2. The van der Waals surface area contributed by atoms with Gasteiger partial charge in [0.25, 0.3) is 0 Å². The highest BCUT2D eigenvalue weighted by Crippen LogP contribution is 2.24. The maximum absolute atomic E-state index is 12.3. The van der Waals surface area contributed by atoms with Gasteiger partial charge in [0.2, 0.25) is 5.91 Å². The zero-order valence-corrected chi connectivity index (χ0v) is 17.3. The van der Waals surface area contributed by atoms with Crippen LogP contribution in [0.3, 0.4) is 0 Å². The highest BCUT2D eigenvalue weighted by Gasteiger charge is 2.12. The van der Waals surface area contributed by atoms with Crippen molar-refractivity contribution in [3.63, 3.8) is 0 Å². The molecule has 1 N–H and O–H groups in total. The van der Waals surface area contributed by atoms with Crippen LogP contribution in [0.4, 0.5) is 0 Å². The normalized spacial score (nSPS) is 11.0. The number of hydrogen-bond donors (Lipinski definition) is 1. The maximum atomic E-state index is 12.3. The van der Waals surface area contributed by atoms with Gasteiger partial charge in [-0.15, -0.1) is 11.3 Å². The summed E-state index contributed by atoms with van der Waals surface area (Å²) in [4.78, 5) is 17.9. The van der Waals surface area contributed by atoms with Crippen LogP contribution in [0.5, 0.6) is 5.75 Å². The van der Waals surface area contributed by atoms with Gasteiger partial charge in [-0.1, -0.05) is 47.5 Å². The first-order chi connectivity index (χ1) is 14.1. The van der Waals surface area contributed by atoms with E-state index in [9.17, 15) is 4.79 Å². The molecule has 0 fully saturated rings. The van der Waals surface area contributed by atoms with Crippen molar-refractivity contribution in [2.75, 3.05) is 13.2 Å². The Morgan fingerprint density at radius 2 is 1.76 bits per heavy atom. The number of imidazole rings is 1. The predicted octanol–water partition coefficient (Wildman–Crippen LogP) is 4.42. The molecule has 2 aromatic carbocycles. The lowest BCUT2D eigenvalue weighted by Crippen LogP contribution is -2.29. The monoisotopic (exact) mass is 405 g/mol. The SMILES string of the molecule is Cc1ccc(OCCNC(=O)Cc2csc3nc(-c4ccc(C)cc4)cn23)cc1. The number of ether oxygens (including phenoxy) is 1. The lowest BCUT2D eigenvalue weighted by atomic mass is 10.1. The molecule has 0 aliphatic rings. The molecule has 0 saturated heterocycles. The van der Waals surface area contributed by atoms with E-state index in [-0.39, 0.29) is 5.91 Å². The summed E-state index contributed by atoms with van der Waals surface area (Å²) in [5.74, 6) is 0.786. The summed E-state index contributed by atoms with van der Waals surface area (Å²) in [5, 5.41) is 4.91. The second kappa shape index (κ2) is 8.49. The number of thiazole rings is 1. The van der Waals surface area contributed by atoms with Crippen LogP contribution < -0.4 is 10.1 Å². The largest absolute Gasteiger partial charge is 0.492 e. The van der Waals surface area contributed by atoms with Crippen molar-refractivity contribution >= 4 is 22.2 Å². The van der Waals surface area contributed by atoms with Crippen LogP contribution in [-0.4, -0.2) is 28.4 Å². The molecule has 5 nitrogen and oxygen atoms in total. The third-order valence-electron chi connectivity index (χ3n) is 4.69. The molecule has 1 amide bonds. The van der Waals surface area contributed by atoms with E-state index in [0.29, 0.717) is 19.6 Å². The van der Waals surface area contributed by atoms with Gasteiger partial charge in [0.15, 0.2) is 4.96 Å². The molecule has 0 aliphatic carbocycles. The molecule has 29 heavy (non-hydrogen) atoms. The fourth-order valence-corrected chi connectivity index (χ4v) is 3.91. The van der Waals surface area contributed by atoms with Gasteiger partial charge in [0.1, 0.15) is 12.4 Å². The van der Waals surface area contributed by atoms with Gasteiger partial charge in [0, 0.05) is 22.8 Å². The topological polar surface area (TPSA) is 55.6 Å². The van der Waals surface area contributed by atoms with Crippen molar-refractivity contribution in [2.24, 2.45) is 0 Å². The number of aromatic nitrogens is 2. The van der Waals surface area contributed by atoms with Crippen LogP contribution in [0.2, 0.25) is 0 Å². The molecular weight excluding hydrogens is 382 g/mol. The molecule has 0 spiro atoms. The second-order valence-electron chi connectivity index (χ2n) is 7.06. The van der Waals surface area contributed by atoms with Crippen LogP contribution in [0.25, 0.3) is 16.2 Å². The summed E-state index contributed by atoms with van der Waals surface area (Å²) >= 11 is 1.55. The molecule has 0 radical (unpaired) electrons. The van der Waals surface area contributed by atoms with E-state index in [1.807, 2.05) is 47.2 Å². The molecule has 0 saturated carbocycles. The highest BCUT2D eigenvalue weighted by molar-refractivity contribution is 7.15. The zero-order valence-electron chi connectivity index (χ0n) is 16.5. The number of nitrogens with zero attached hydrogens (tertiary/aromatic N) is 2. The fraction of sp³-hybridized carbons (Fsp3) is 0.217. The molecule has 0 bridgehead atoms. The van der Waals surface area contributed by atoms with Gasteiger partial charge in [-0.25, -0.2) is 4.98 Å². The smallest absolute Gasteiger partial charge is 0.226 e. The Morgan fingerprint density at radius 1 is 1.07 bits per heavy atom. The van der Waals surface area contributed by atoms with E-state index in [1.54, 1.807) is 11.3 Å². The number of carbonyl (C=O) groups excluding carboxylic acids is 1. The summed E-state index contributed by atoms with van der Waals surface area (Å²) in [6.45, 7) is 5.02. The van der Waals surface area contributed by atoms with Crippen LogP contribution in [0.15, 0.2) is 60.1 Å². The summed E-state index contributed by atoms with van der Waals surface area (Å²) in [7, 11) is 0. The Morgan fingerprint density at radius 3 is 2.48 bits per heavy atom. The minimum atomic E-state index is -0.0252. The first-order valence-electron chi connectivity index (χ1n) is 9.57. The van der Waals surface area contributed by atoms with Gasteiger partial charge < -0.3 is 10.1 Å². The number of benzene rings is 2. The number of aryl methyl sites for hydroxylation is 2. The van der Waals surface area contributed by atoms with Gasteiger partial charge in [-0.2, -0.15) is 0 Å². The van der Waals surface area contributed by atoms with Crippen LogP contribution >= 0.6 is 11.3 Å². The lowest BCUT2D eigenvalue weighted by molar-refractivity contribution is -0.120. The standard InChI is InChI=1S/C23H23N3O2S/c1-16-3-7-18(8-4-16)21-14-26-19(15-29-23(26)25-21)13-22(27)24-11-12-28-20-9-5-17(2)6-10-20/h3-10,14-15H,11-13H2,1-2H3,(H,24,27). The highest BCUT2D eigenvalue weighted by atomic mass is 32.1. The Hall–Kier alpha value is -3.12. The van der Waals surface area contributed by atoms with E-state index < -0.39 is 0 Å². The van der Waals surface area contributed by atoms with E-state index in [0.717, 1.165) is 27.7 Å². The summed E-state index contributed by atoms with van der Waals surface area (Å²) in [5.41, 5.74) is 5.35. The molecule has 0 aliphatic heterocycles. The van der Waals surface area contributed by atoms with Crippen molar-refractivity contribution in [3.05, 3.63) is 76.9 Å². The number of carbonyl (C=O) groups is 1. The van der Waals surface area contributed by atoms with Crippen molar-refractivity contribution in [3.8, 4) is 17.0 Å². The lowest BCUT2D eigenvalue weighted by Gasteiger charge is -2.08. The minimum Gasteiger partial charge on any atom is -0.492 e. The molecule has 4 rings (SSSR count). The van der Waals surface area contributed by atoms with Gasteiger partial charge >= 0.3 is 0 Å². The number of amides is 1. The average molecular weight is 406 g/mol. The average Bonchev–Trinajstić information content (AvgIpc) is 3.29. The van der Waals surface area contributed by atoms with Gasteiger partial charge in [0.05, 0.1) is 18.7 Å². The summed E-state index contributed by atoms with van der Waals surface area (Å²) in [6.07, 6.45) is 2.31. The summed E-state index contributed by atoms with van der Waals surface area (Å²) in [6, 6.07) is 16.2. The molecule has 2 heterocycles. The third kappa shape index (κ3) is 4.66. The Balaban J connectivity index is 1.33. The number of fused-ring (bicyclic) bond motifs is 1. The molecule has 4 aromatic rings. The number of nitrogens with one attached hydrogen (secondary N) is 1. The van der Waals surface area contributed by atoms with Crippen molar-refractivity contribution in [1.82, 2.24) is 14.7 Å². The van der Waals surface area contributed by atoms with Crippen LogP contribution in [0.1, 0.15) is 16.8 Å². The molecule has 0 unspecified atom stereocenters. The van der Waals surface area contributed by atoms with Crippen molar-refractivity contribution < 1.29 is 9.53 Å². The second-order valence-corrected chi connectivity index (χ2v) is 7.90. The van der Waals surface area contributed by atoms with E-state index in [1.165, 1.54) is 11.1 Å². The van der Waals surface area contributed by atoms with E-state index in [2.05, 4.69) is 41.5 Å². The number of rotatable bonds is 7. The van der Waals surface area contributed by atoms with Crippen molar-refractivity contribution in [1.29, 1.82) is 0 Å². The molecule has 0 atom stereocenters. The summed E-state index contributed by atoms with van der Waals surface area (Å²) < 4.78 is 7.65. The predicted molar refractivity (Wildman–Crippen MR) is 117 cm³/mol.